The Labute approximate surface area is 105 Å². The third-order valence-electron chi connectivity index (χ3n) is 2.02. The van der Waals surface area contributed by atoms with E-state index in [0.717, 1.165) is 6.07 Å². The Hall–Kier alpha value is -2.48. The number of nitro groups is 1. The molecule has 0 saturated heterocycles. The quantitative estimate of drug-likeness (QED) is 0.514. The first-order chi connectivity index (χ1) is 8.58. The average Bonchev–Trinajstić information content (AvgIpc) is 2.82. The zero-order valence-corrected chi connectivity index (χ0v) is 9.52. The van der Waals surface area contributed by atoms with Gasteiger partial charge in [-0.2, -0.15) is 5.10 Å². The minimum atomic E-state index is -0.725. The van der Waals surface area contributed by atoms with E-state index < -0.39 is 16.4 Å². The summed E-state index contributed by atoms with van der Waals surface area (Å²) in [6, 6.07) is 2.42. The van der Waals surface area contributed by atoms with E-state index in [2.05, 4.69) is 15.3 Å². The lowest BCUT2D eigenvalue weighted by molar-refractivity contribution is -0.385. The van der Waals surface area contributed by atoms with Gasteiger partial charge in [0.05, 0.1) is 11.1 Å². The molecule has 0 aliphatic rings. The lowest BCUT2D eigenvalue weighted by Crippen LogP contribution is -1.94. The summed E-state index contributed by atoms with van der Waals surface area (Å²) < 4.78 is 1.27. The van der Waals surface area contributed by atoms with E-state index in [1.165, 1.54) is 29.6 Å². The van der Waals surface area contributed by atoms with Crippen molar-refractivity contribution in [1.29, 1.82) is 0 Å². The fourth-order valence-electron chi connectivity index (χ4n) is 1.23. The molecule has 1 aromatic heterocycles. The topological polar surface area (TPSA) is 106 Å². The van der Waals surface area contributed by atoms with Crippen LogP contribution >= 0.6 is 11.6 Å². The summed E-state index contributed by atoms with van der Waals surface area (Å²) >= 11 is 5.72. The molecule has 18 heavy (non-hydrogen) atoms. The van der Waals surface area contributed by atoms with E-state index in [0.29, 0.717) is 0 Å². The van der Waals surface area contributed by atoms with Crippen molar-refractivity contribution >= 4 is 23.5 Å². The molecular formula is C9H6ClN5O3. The Kier molecular flexibility index (Phi) is 3.20. The molecule has 1 heterocycles. The van der Waals surface area contributed by atoms with E-state index in [1.54, 1.807) is 0 Å². The number of hydrogen-bond acceptors (Lipinski definition) is 6. The van der Waals surface area contributed by atoms with Crippen LogP contribution in [0.1, 0.15) is 5.56 Å². The largest absolute Gasteiger partial charge is 0.502 e. The fraction of sp³-hybridized carbons (Fsp3) is 0. The summed E-state index contributed by atoms with van der Waals surface area (Å²) in [4.78, 5) is 9.95. The Bertz CT molecular complexity index is 611. The second-order valence-electron chi connectivity index (χ2n) is 3.21. The molecule has 0 unspecified atom stereocenters. The molecule has 92 valence electrons. The number of aromatic nitrogens is 3. The van der Waals surface area contributed by atoms with Gasteiger partial charge in [-0.3, -0.25) is 10.1 Å². The van der Waals surface area contributed by atoms with Gasteiger partial charge in [0, 0.05) is 16.7 Å². The van der Waals surface area contributed by atoms with Crippen molar-refractivity contribution in [1.82, 2.24) is 14.9 Å². The Balaban J connectivity index is 2.42. The summed E-state index contributed by atoms with van der Waals surface area (Å²) in [5, 5.41) is 31.4. The number of nitro benzene ring substituents is 1. The second-order valence-corrected chi connectivity index (χ2v) is 3.64. The van der Waals surface area contributed by atoms with Gasteiger partial charge in [0.2, 0.25) is 5.75 Å². The van der Waals surface area contributed by atoms with Crippen molar-refractivity contribution in [3.63, 3.8) is 0 Å². The third kappa shape index (κ3) is 2.43. The molecule has 0 atom stereocenters. The molecule has 1 aromatic carbocycles. The van der Waals surface area contributed by atoms with Gasteiger partial charge in [0.1, 0.15) is 12.7 Å². The van der Waals surface area contributed by atoms with Gasteiger partial charge in [-0.1, -0.05) is 11.6 Å². The molecule has 0 aliphatic heterocycles. The molecule has 0 fully saturated rings. The summed E-state index contributed by atoms with van der Waals surface area (Å²) in [5.74, 6) is -0.499. The van der Waals surface area contributed by atoms with Crippen molar-refractivity contribution < 1.29 is 10.0 Å². The lowest BCUT2D eigenvalue weighted by atomic mass is 10.2. The third-order valence-corrected chi connectivity index (χ3v) is 2.24. The minimum Gasteiger partial charge on any atom is -0.502 e. The summed E-state index contributed by atoms with van der Waals surface area (Å²) in [6.07, 6.45) is 3.87. The predicted molar refractivity (Wildman–Crippen MR) is 62.8 cm³/mol. The van der Waals surface area contributed by atoms with Gasteiger partial charge >= 0.3 is 5.69 Å². The van der Waals surface area contributed by atoms with Crippen molar-refractivity contribution in [2.45, 2.75) is 0 Å². The van der Waals surface area contributed by atoms with E-state index in [-0.39, 0.29) is 10.6 Å². The van der Waals surface area contributed by atoms with Gasteiger partial charge in [0.25, 0.3) is 0 Å². The summed E-state index contributed by atoms with van der Waals surface area (Å²) in [7, 11) is 0. The van der Waals surface area contributed by atoms with Gasteiger partial charge in [-0.15, -0.1) is 10.2 Å². The normalized spacial score (nSPS) is 10.9. The van der Waals surface area contributed by atoms with Crippen LogP contribution < -0.4 is 0 Å². The van der Waals surface area contributed by atoms with Crippen molar-refractivity contribution in [3.8, 4) is 5.75 Å². The maximum atomic E-state index is 10.7. The van der Waals surface area contributed by atoms with Crippen LogP contribution in [0.3, 0.4) is 0 Å². The summed E-state index contributed by atoms with van der Waals surface area (Å²) in [6.45, 7) is 0. The van der Waals surface area contributed by atoms with E-state index in [4.69, 9.17) is 11.6 Å². The number of halogens is 1. The highest BCUT2D eigenvalue weighted by Gasteiger charge is 2.17. The van der Waals surface area contributed by atoms with Crippen LogP contribution in [-0.4, -0.2) is 31.1 Å². The molecule has 9 heteroatoms. The zero-order chi connectivity index (χ0) is 13.1. The van der Waals surface area contributed by atoms with Gasteiger partial charge in [0.15, 0.2) is 0 Å². The molecule has 0 bridgehead atoms. The van der Waals surface area contributed by atoms with Gasteiger partial charge in [-0.05, 0) is 6.07 Å². The SMILES string of the molecule is O=[N+]([O-])c1cc(Cl)cc(/C=N/n2cnnc2)c1O. The maximum Gasteiger partial charge on any atom is 0.312 e. The molecule has 2 rings (SSSR count). The molecule has 1 N–H and O–H groups in total. The molecule has 0 saturated carbocycles. The highest BCUT2D eigenvalue weighted by molar-refractivity contribution is 6.31. The monoisotopic (exact) mass is 267 g/mol. The number of nitrogens with zero attached hydrogens (tertiary/aromatic N) is 5. The van der Waals surface area contributed by atoms with Crippen LogP contribution in [0.2, 0.25) is 5.02 Å². The summed E-state index contributed by atoms with van der Waals surface area (Å²) in [5.41, 5.74) is -0.351. The highest BCUT2D eigenvalue weighted by atomic mass is 35.5. The van der Waals surface area contributed by atoms with Crippen LogP contribution in [0, 0.1) is 10.1 Å². The van der Waals surface area contributed by atoms with Crippen LogP contribution in [0.15, 0.2) is 29.9 Å². The number of aromatic hydroxyl groups is 1. The van der Waals surface area contributed by atoms with Crippen molar-refractivity contribution in [2.24, 2.45) is 5.10 Å². The second kappa shape index (κ2) is 4.80. The zero-order valence-electron chi connectivity index (χ0n) is 8.76. The number of hydrogen-bond donors (Lipinski definition) is 1. The minimum absolute atomic E-state index is 0.128. The lowest BCUT2D eigenvalue weighted by Gasteiger charge is -2.01. The maximum absolute atomic E-state index is 10.7. The first-order valence-corrected chi connectivity index (χ1v) is 5.01. The first kappa shape index (κ1) is 12.0. The molecule has 0 spiro atoms. The molecule has 0 amide bonds. The average molecular weight is 268 g/mol. The van der Waals surface area contributed by atoms with Crippen LogP contribution in [0.4, 0.5) is 5.69 Å². The smallest absolute Gasteiger partial charge is 0.312 e. The number of phenols is 1. The van der Waals surface area contributed by atoms with E-state index in [9.17, 15) is 15.2 Å². The van der Waals surface area contributed by atoms with Gasteiger partial charge in [-0.25, -0.2) is 4.68 Å². The Morgan fingerprint density at radius 3 is 2.72 bits per heavy atom. The molecule has 2 aromatic rings. The predicted octanol–water partition coefficient (Wildman–Crippen LogP) is 1.43. The highest BCUT2D eigenvalue weighted by Crippen LogP contribution is 2.32. The Morgan fingerprint density at radius 1 is 1.44 bits per heavy atom. The number of benzene rings is 1. The molecular weight excluding hydrogens is 262 g/mol. The molecule has 0 radical (unpaired) electrons. The fourth-order valence-corrected chi connectivity index (χ4v) is 1.45. The van der Waals surface area contributed by atoms with Gasteiger partial charge < -0.3 is 5.11 Å². The number of phenolic OH excluding ortho intramolecular Hbond substituents is 1. The van der Waals surface area contributed by atoms with E-state index in [1.807, 2.05) is 0 Å². The first-order valence-electron chi connectivity index (χ1n) is 4.64. The molecule has 0 aliphatic carbocycles. The van der Waals surface area contributed by atoms with Crippen LogP contribution in [0.25, 0.3) is 0 Å². The standard InChI is InChI=1S/C9H6ClN5O3/c10-7-1-6(3-13-14-4-11-12-5-14)9(16)8(2-7)15(17)18/h1-5,16H/b13-3+. The van der Waals surface area contributed by atoms with Crippen molar-refractivity contribution in [3.05, 3.63) is 45.5 Å². The number of rotatable bonds is 3. The van der Waals surface area contributed by atoms with E-state index >= 15 is 0 Å². The molecule has 8 nitrogen and oxygen atoms in total. The van der Waals surface area contributed by atoms with Crippen LogP contribution in [-0.2, 0) is 0 Å². The Morgan fingerprint density at radius 2 is 2.11 bits per heavy atom. The van der Waals surface area contributed by atoms with Crippen molar-refractivity contribution in [2.75, 3.05) is 0 Å². The van der Waals surface area contributed by atoms with Crippen LogP contribution in [0.5, 0.6) is 5.75 Å².